The van der Waals surface area contributed by atoms with Crippen LogP contribution in [0.3, 0.4) is 0 Å². The van der Waals surface area contributed by atoms with Crippen molar-refractivity contribution in [3.8, 4) is 5.75 Å². The summed E-state index contributed by atoms with van der Waals surface area (Å²) in [5, 5.41) is 0. The average Bonchev–Trinajstić information content (AvgIpc) is 2.48. The Morgan fingerprint density at radius 1 is 0.958 bits per heavy atom. The van der Waals surface area contributed by atoms with Crippen molar-refractivity contribution < 1.29 is 14.3 Å². The van der Waals surface area contributed by atoms with Gasteiger partial charge in [0.2, 0.25) is 0 Å². The van der Waals surface area contributed by atoms with Crippen LogP contribution < -0.4 is 4.74 Å². The lowest BCUT2D eigenvalue weighted by molar-refractivity contribution is -0.120. The Balaban J connectivity index is 2.02. The van der Waals surface area contributed by atoms with Crippen molar-refractivity contribution in [3.63, 3.8) is 0 Å². The molecule has 0 radical (unpaired) electrons. The molecule has 2 aromatic carbocycles. The zero-order valence-electron chi connectivity index (χ0n) is 14.8. The van der Waals surface area contributed by atoms with Gasteiger partial charge in [-0.15, -0.1) is 0 Å². The van der Waals surface area contributed by atoms with Crippen LogP contribution in [0.4, 0.5) is 0 Å². The second-order valence-corrected chi connectivity index (χ2v) is 6.85. The normalized spacial score (nSPS) is 11.2. The van der Waals surface area contributed by atoms with Crippen LogP contribution >= 0.6 is 0 Å². The van der Waals surface area contributed by atoms with Gasteiger partial charge in [-0.3, -0.25) is 9.59 Å². The van der Waals surface area contributed by atoms with E-state index in [1.165, 1.54) is 5.56 Å². The van der Waals surface area contributed by atoms with E-state index in [1.807, 2.05) is 45.0 Å². The molecule has 0 atom stereocenters. The van der Waals surface area contributed by atoms with Gasteiger partial charge in [0.25, 0.3) is 0 Å². The molecule has 0 fully saturated rings. The quantitative estimate of drug-likeness (QED) is 0.701. The molecule has 2 aromatic rings. The molecule has 0 N–H and O–H groups in total. The van der Waals surface area contributed by atoms with Gasteiger partial charge in [-0.05, 0) is 57.5 Å². The van der Waals surface area contributed by atoms with Gasteiger partial charge >= 0.3 is 0 Å². The van der Waals surface area contributed by atoms with Crippen molar-refractivity contribution in [2.24, 2.45) is 0 Å². The lowest BCUT2D eigenvalue weighted by Crippen LogP contribution is -2.30. The third-order valence-corrected chi connectivity index (χ3v) is 3.73. The van der Waals surface area contributed by atoms with E-state index in [1.54, 1.807) is 31.2 Å². The Kier molecular flexibility index (Phi) is 5.55. The third-order valence-electron chi connectivity index (χ3n) is 3.73. The fourth-order valence-electron chi connectivity index (χ4n) is 2.66. The Hall–Kier alpha value is -2.42. The Morgan fingerprint density at radius 3 is 2.08 bits per heavy atom. The van der Waals surface area contributed by atoms with Gasteiger partial charge < -0.3 is 4.74 Å². The molecule has 3 nitrogen and oxygen atoms in total. The zero-order chi connectivity index (χ0) is 17.7. The van der Waals surface area contributed by atoms with Crippen molar-refractivity contribution in [2.45, 2.75) is 46.1 Å². The van der Waals surface area contributed by atoms with Gasteiger partial charge in [0.1, 0.15) is 17.1 Å². The molecule has 0 amide bonds. The standard InChI is InChI=1S/C21H24O3/c1-15-5-7-17(8-6-15)13-20(23)18-9-11-19(12-10-18)24-21(3,4)14-16(2)22/h5-12H,13-14H2,1-4H3. The van der Waals surface area contributed by atoms with Crippen LogP contribution in [-0.2, 0) is 11.2 Å². The summed E-state index contributed by atoms with van der Waals surface area (Å²) in [6.07, 6.45) is 0.734. The van der Waals surface area contributed by atoms with Crippen LogP contribution in [0.5, 0.6) is 5.75 Å². The summed E-state index contributed by atoms with van der Waals surface area (Å²) in [6.45, 7) is 7.34. The van der Waals surface area contributed by atoms with Crippen molar-refractivity contribution in [1.82, 2.24) is 0 Å². The first-order valence-corrected chi connectivity index (χ1v) is 8.12. The summed E-state index contributed by atoms with van der Waals surface area (Å²) in [5.41, 5.74) is 2.29. The van der Waals surface area contributed by atoms with E-state index in [9.17, 15) is 9.59 Å². The van der Waals surface area contributed by atoms with Crippen molar-refractivity contribution in [3.05, 3.63) is 65.2 Å². The predicted octanol–water partition coefficient (Wildman–Crippen LogP) is 4.56. The number of benzene rings is 2. The van der Waals surface area contributed by atoms with Crippen LogP contribution in [-0.4, -0.2) is 17.2 Å². The lowest BCUT2D eigenvalue weighted by Gasteiger charge is -2.25. The van der Waals surface area contributed by atoms with Crippen molar-refractivity contribution in [1.29, 1.82) is 0 Å². The van der Waals surface area contributed by atoms with Crippen LogP contribution in [0, 0.1) is 6.92 Å². The fourth-order valence-corrected chi connectivity index (χ4v) is 2.66. The van der Waals surface area contributed by atoms with Crippen molar-refractivity contribution >= 4 is 11.6 Å². The van der Waals surface area contributed by atoms with Crippen LogP contribution in [0.2, 0.25) is 0 Å². The highest BCUT2D eigenvalue weighted by atomic mass is 16.5. The maximum Gasteiger partial charge on any atom is 0.167 e. The molecule has 0 unspecified atom stereocenters. The highest BCUT2D eigenvalue weighted by Gasteiger charge is 2.22. The summed E-state index contributed by atoms with van der Waals surface area (Å²) in [6, 6.07) is 15.1. The van der Waals surface area contributed by atoms with E-state index in [0.717, 1.165) is 5.56 Å². The third kappa shape index (κ3) is 5.34. The van der Waals surface area contributed by atoms with E-state index in [2.05, 4.69) is 0 Å². The molecular weight excluding hydrogens is 300 g/mol. The first-order chi connectivity index (χ1) is 11.2. The Morgan fingerprint density at radius 2 is 1.54 bits per heavy atom. The molecule has 0 bridgehead atoms. The molecule has 24 heavy (non-hydrogen) atoms. The van der Waals surface area contributed by atoms with Crippen LogP contribution in [0.15, 0.2) is 48.5 Å². The second kappa shape index (κ2) is 7.43. The molecule has 0 heterocycles. The molecule has 0 aromatic heterocycles. The van der Waals surface area contributed by atoms with Gasteiger partial charge in [0.05, 0.1) is 0 Å². The van der Waals surface area contributed by atoms with Gasteiger partial charge in [0, 0.05) is 18.4 Å². The first kappa shape index (κ1) is 17.9. The summed E-state index contributed by atoms with van der Waals surface area (Å²) in [4.78, 5) is 23.6. The molecule has 0 aliphatic rings. The Bertz CT molecular complexity index is 710. The number of Topliss-reactive ketones (excluding diaryl/α,β-unsaturated/α-hetero) is 2. The first-order valence-electron chi connectivity index (χ1n) is 8.12. The van der Waals surface area contributed by atoms with Gasteiger partial charge in [-0.1, -0.05) is 29.8 Å². The number of carbonyl (C=O) groups is 2. The second-order valence-electron chi connectivity index (χ2n) is 6.85. The smallest absolute Gasteiger partial charge is 0.167 e. The van der Waals surface area contributed by atoms with Crippen LogP contribution in [0.25, 0.3) is 0 Å². The highest BCUT2D eigenvalue weighted by molar-refractivity contribution is 5.97. The minimum absolute atomic E-state index is 0.0772. The maximum absolute atomic E-state index is 12.4. The molecule has 0 saturated heterocycles. The SMILES string of the molecule is CC(=O)CC(C)(C)Oc1ccc(C(=O)Cc2ccc(C)cc2)cc1. The van der Waals surface area contributed by atoms with E-state index in [-0.39, 0.29) is 11.6 Å². The molecule has 0 aliphatic heterocycles. The number of rotatable bonds is 7. The number of hydrogen-bond acceptors (Lipinski definition) is 3. The summed E-state index contributed by atoms with van der Waals surface area (Å²) in [7, 11) is 0. The molecule has 0 spiro atoms. The molecule has 126 valence electrons. The van der Waals surface area contributed by atoms with Gasteiger partial charge in [-0.25, -0.2) is 0 Å². The average molecular weight is 324 g/mol. The predicted molar refractivity (Wildman–Crippen MR) is 95.7 cm³/mol. The minimum Gasteiger partial charge on any atom is -0.487 e. The topological polar surface area (TPSA) is 43.4 Å². The van der Waals surface area contributed by atoms with Gasteiger partial charge in [-0.2, -0.15) is 0 Å². The van der Waals surface area contributed by atoms with Crippen molar-refractivity contribution in [2.75, 3.05) is 0 Å². The summed E-state index contributed by atoms with van der Waals surface area (Å²) < 4.78 is 5.85. The molecule has 3 heteroatoms. The van der Waals surface area contributed by atoms with E-state index < -0.39 is 5.60 Å². The molecule has 2 rings (SSSR count). The highest BCUT2D eigenvalue weighted by Crippen LogP contribution is 2.22. The van der Waals surface area contributed by atoms with Crippen LogP contribution in [0.1, 0.15) is 48.7 Å². The maximum atomic E-state index is 12.4. The van der Waals surface area contributed by atoms with Gasteiger partial charge in [0.15, 0.2) is 5.78 Å². The minimum atomic E-state index is -0.556. The fraction of sp³-hybridized carbons (Fsp3) is 0.333. The molecular formula is C21H24O3. The number of carbonyl (C=O) groups excluding carboxylic acids is 2. The summed E-state index contributed by atoms with van der Waals surface area (Å²) in [5.74, 6) is 0.825. The summed E-state index contributed by atoms with van der Waals surface area (Å²) >= 11 is 0. The number of hydrogen-bond donors (Lipinski definition) is 0. The zero-order valence-corrected chi connectivity index (χ0v) is 14.8. The number of aryl methyl sites for hydroxylation is 1. The monoisotopic (exact) mass is 324 g/mol. The lowest BCUT2D eigenvalue weighted by atomic mass is 10.0. The molecule has 0 saturated carbocycles. The van der Waals surface area contributed by atoms with E-state index in [0.29, 0.717) is 24.2 Å². The number of ether oxygens (including phenoxy) is 1. The van der Waals surface area contributed by atoms with E-state index >= 15 is 0 Å². The van der Waals surface area contributed by atoms with E-state index in [4.69, 9.17) is 4.74 Å². The Labute approximate surface area is 143 Å². The number of ketones is 2. The largest absolute Gasteiger partial charge is 0.487 e. The molecule has 0 aliphatic carbocycles.